The molecule has 0 spiro atoms. The minimum absolute atomic E-state index is 0.798. The fourth-order valence-electron chi connectivity index (χ4n) is 1.34. The molecule has 1 aromatic rings. The van der Waals surface area contributed by atoms with E-state index in [0.717, 1.165) is 30.9 Å². The summed E-state index contributed by atoms with van der Waals surface area (Å²) in [5.74, 6) is 0. The molecule has 0 saturated heterocycles. The minimum Gasteiger partial charge on any atom is -0.399 e. The Morgan fingerprint density at radius 2 is 2.21 bits per heavy atom. The smallest absolute Gasteiger partial charge is 0.0479 e. The standard InChI is InChI=1S/C11H18N2O/c1-13(7-4-8-14-2)11-6-3-5-10(12)9-11/h3,5-6,9H,4,7-8,12H2,1-2H3. The van der Waals surface area contributed by atoms with Crippen LogP contribution < -0.4 is 10.6 Å². The van der Waals surface area contributed by atoms with Crippen molar-refractivity contribution in [1.82, 2.24) is 0 Å². The second-order valence-corrected chi connectivity index (χ2v) is 3.36. The highest BCUT2D eigenvalue weighted by molar-refractivity contribution is 5.55. The van der Waals surface area contributed by atoms with Gasteiger partial charge in [0.25, 0.3) is 0 Å². The summed E-state index contributed by atoms with van der Waals surface area (Å²) in [6.07, 6.45) is 1.03. The third kappa shape index (κ3) is 3.26. The van der Waals surface area contributed by atoms with Gasteiger partial charge in [0.2, 0.25) is 0 Å². The quantitative estimate of drug-likeness (QED) is 0.573. The molecule has 0 aliphatic carbocycles. The molecule has 14 heavy (non-hydrogen) atoms. The van der Waals surface area contributed by atoms with Crippen LogP contribution in [0.3, 0.4) is 0 Å². The summed E-state index contributed by atoms with van der Waals surface area (Å²) < 4.78 is 5.00. The molecule has 0 fully saturated rings. The third-order valence-electron chi connectivity index (χ3n) is 2.15. The number of ether oxygens (including phenoxy) is 1. The Morgan fingerprint density at radius 1 is 1.43 bits per heavy atom. The highest BCUT2D eigenvalue weighted by Gasteiger charge is 1.99. The summed E-state index contributed by atoms with van der Waals surface area (Å²) in [5, 5.41) is 0. The molecule has 3 nitrogen and oxygen atoms in total. The zero-order valence-corrected chi connectivity index (χ0v) is 8.86. The van der Waals surface area contributed by atoms with E-state index in [1.165, 1.54) is 0 Å². The van der Waals surface area contributed by atoms with Crippen molar-refractivity contribution in [3.05, 3.63) is 24.3 Å². The van der Waals surface area contributed by atoms with Crippen LogP contribution in [-0.2, 0) is 4.74 Å². The third-order valence-corrected chi connectivity index (χ3v) is 2.15. The molecule has 0 unspecified atom stereocenters. The van der Waals surface area contributed by atoms with Crippen LogP contribution >= 0.6 is 0 Å². The summed E-state index contributed by atoms with van der Waals surface area (Å²) in [5.41, 5.74) is 7.66. The molecule has 0 aliphatic rings. The highest BCUT2D eigenvalue weighted by Crippen LogP contribution is 2.15. The fraction of sp³-hybridized carbons (Fsp3) is 0.455. The lowest BCUT2D eigenvalue weighted by Crippen LogP contribution is -2.19. The summed E-state index contributed by atoms with van der Waals surface area (Å²) in [6.45, 7) is 1.78. The molecule has 0 aromatic heterocycles. The van der Waals surface area contributed by atoms with Crippen LogP contribution in [0.2, 0.25) is 0 Å². The fourth-order valence-corrected chi connectivity index (χ4v) is 1.34. The minimum atomic E-state index is 0.798. The first-order valence-corrected chi connectivity index (χ1v) is 4.79. The van der Waals surface area contributed by atoms with E-state index in [0.29, 0.717) is 0 Å². The number of hydrogen-bond acceptors (Lipinski definition) is 3. The molecular formula is C11H18N2O. The van der Waals surface area contributed by atoms with Crippen molar-refractivity contribution in [2.24, 2.45) is 0 Å². The second kappa shape index (κ2) is 5.50. The number of nitrogen functional groups attached to an aromatic ring is 1. The average molecular weight is 194 g/mol. The molecule has 0 heterocycles. The van der Waals surface area contributed by atoms with Gasteiger partial charge < -0.3 is 15.4 Å². The molecule has 0 saturated carbocycles. The normalized spacial score (nSPS) is 10.1. The Kier molecular flexibility index (Phi) is 4.26. The molecule has 1 rings (SSSR count). The first-order valence-electron chi connectivity index (χ1n) is 4.79. The van der Waals surface area contributed by atoms with Gasteiger partial charge in [0.1, 0.15) is 0 Å². The molecule has 2 N–H and O–H groups in total. The molecule has 0 atom stereocenters. The monoisotopic (exact) mass is 194 g/mol. The maximum atomic E-state index is 5.70. The number of hydrogen-bond donors (Lipinski definition) is 1. The van der Waals surface area contributed by atoms with Gasteiger partial charge in [-0.05, 0) is 24.6 Å². The Bertz CT molecular complexity index is 276. The molecular weight excluding hydrogens is 176 g/mol. The van der Waals surface area contributed by atoms with Crippen molar-refractivity contribution in [2.75, 3.05) is 37.9 Å². The summed E-state index contributed by atoms with van der Waals surface area (Å²) in [6, 6.07) is 7.90. The van der Waals surface area contributed by atoms with E-state index in [2.05, 4.69) is 18.0 Å². The highest BCUT2D eigenvalue weighted by atomic mass is 16.5. The number of rotatable bonds is 5. The van der Waals surface area contributed by atoms with Crippen molar-refractivity contribution in [1.29, 1.82) is 0 Å². The van der Waals surface area contributed by atoms with Gasteiger partial charge in [-0.3, -0.25) is 0 Å². The number of anilines is 2. The number of nitrogens with zero attached hydrogens (tertiary/aromatic N) is 1. The van der Waals surface area contributed by atoms with Crippen LogP contribution in [0.5, 0.6) is 0 Å². The summed E-state index contributed by atoms with van der Waals surface area (Å²) in [4.78, 5) is 2.18. The zero-order valence-electron chi connectivity index (χ0n) is 8.86. The van der Waals surface area contributed by atoms with Crippen molar-refractivity contribution in [3.63, 3.8) is 0 Å². The Morgan fingerprint density at radius 3 is 2.86 bits per heavy atom. The molecule has 0 bridgehead atoms. The molecule has 3 heteroatoms. The van der Waals surface area contributed by atoms with E-state index in [1.54, 1.807) is 7.11 Å². The second-order valence-electron chi connectivity index (χ2n) is 3.36. The van der Waals surface area contributed by atoms with Crippen molar-refractivity contribution >= 4 is 11.4 Å². The Labute approximate surface area is 85.5 Å². The summed E-state index contributed by atoms with van der Waals surface area (Å²) in [7, 11) is 3.78. The first kappa shape index (κ1) is 10.9. The number of benzene rings is 1. The Hall–Kier alpha value is -1.22. The molecule has 0 aliphatic heterocycles. The van der Waals surface area contributed by atoms with Crippen molar-refractivity contribution in [3.8, 4) is 0 Å². The van der Waals surface area contributed by atoms with Crippen LogP contribution in [0.15, 0.2) is 24.3 Å². The van der Waals surface area contributed by atoms with Crippen LogP contribution in [0.25, 0.3) is 0 Å². The lowest BCUT2D eigenvalue weighted by atomic mass is 10.2. The van der Waals surface area contributed by atoms with Gasteiger partial charge in [-0.15, -0.1) is 0 Å². The summed E-state index contributed by atoms with van der Waals surface area (Å²) >= 11 is 0. The molecule has 0 amide bonds. The van der Waals surface area contributed by atoms with Gasteiger partial charge in [0.15, 0.2) is 0 Å². The molecule has 1 aromatic carbocycles. The van der Waals surface area contributed by atoms with Gasteiger partial charge in [-0.1, -0.05) is 6.07 Å². The number of methoxy groups -OCH3 is 1. The number of nitrogens with two attached hydrogens (primary N) is 1. The van der Waals surface area contributed by atoms with E-state index in [4.69, 9.17) is 10.5 Å². The topological polar surface area (TPSA) is 38.5 Å². The van der Waals surface area contributed by atoms with Crippen LogP contribution in [0.4, 0.5) is 11.4 Å². The van der Waals surface area contributed by atoms with E-state index in [9.17, 15) is 0 Å². The van der Waals surface area contributed by atoms with Crippen molar-refractivity contribution < 1.29 is 4.74 Å². The van der Waals surface area contributed by atoms with Gasteiger partial charge in [-0.2, -0.15) is 0 Å². The lowest BCUT2D eigenvalue weighted by molar-refractivity contribution is 0.196. The molecule has 0 radical (unpaired) electrons. The maximum absolute atomic E-state index is 5.70. The van der Waals surface area contributed by atoms with Crippen molar-refractivity contribution in [2.45, 2.75) is 6.42 Å². The predicted octanol–water partition coefficient (Wildman–Crippen LogP) is 1.74. The average Bonchev–Trinajstić information content (AvgIpc) is 2.18. The Balaban J connectivity index is 2.47. The largest absolute Gasteiger partial charge is 0.399 e. The van der Waals surface area contributed by atoms with Crippen LogP contribution in [0.1, 0.15) is 6.42 Å². The van der Waals surface area contributed by atoms with Crippen LogP contribution in [-0.4, -0.2) is 27.3 Å². The first-order chi connectivity index (χ1) is 6.74. The lowest BCUT2D eigenvalue weighted by Gasteiger charge is -2.19. The SMILES string of the molecule is COCCCN(C)c1cccc(N)c1. The van der Waals surface area contributed by atoms with E-state index >= 15 is 0 Å². The van der Waals surface area contributed by atoms with Gasteiger partial charge in [0.05, 0.1) is 0 Å². The van der Waals surface area contributed by atoms with Gasteiger partial charge >= 0.3 is 0 Å². The van der Waals surface area contributed by atoms with E-state index in [-0.39, 0.29) is 0 Å². The van der Waals surface area contributed by atoms with Crippen LogP contribution in [0, 0.1) is 0 Å². The van der Waals surface area contributed by atoms with Gasteiger partial charge in [0, 0.05) is 38.7 Å². The molecule has 78 valence electrons. The van der Waals surface area contributed by atoms with Gasteiger partial charge in [-0.25, -0.2) is 0 Å². The zero-order chi connectivity index (χ0) is 10.4. The van der Waals surface area contributed by atoms with E-state index in [1.807, 2.05) is 18.2 Å². The predicted molar refractivity (Wildman–Crippen MR) is 60.6 cm³/mol. The maximum Gasteiger partial charge on any atom is 0.0479 e. The van der Waals surface area contributed by atoms with E-state index < -0.39 is 0 Å².